The van der Waals surface area contributed by atoms with Gasteiger partial charge in [-0.25, -0.2) is 13.1 Å². The molecular formula is C14H23ClN2O3S. The summed E-state index contributed by atoms with van der Waals surface area (Å²) in [5.41, 5.74) is 6.52. The van der Waals surface area contributed by atoms with Crippen LogP contribution < -0.4 is 15.2 Å². The Hall–Kier alpha value is -0.820. The highest BCUT2D eigenvalue weighted by Crippen LogP contribution is 2.23. The van der Waals surface area contributed by atoms with Crippen molar-refractivity contribution in [3.8, 4) is 5.75 Å². The van der Waals surface area contributed by atoms with Gasteiger partial charge >= 0.3 is 0 Å². The Labute approximate surface area is 132 Å². The number of halogens is 1. The van der Waals surface area contributed by atoms with Crippen molar-refractivity contribution in [2.75, 3.05) is 7.11 Å². The van der Waals surface area contributed by atoms with E-state index in [1.54, 1.807) is 32.2 Å². The predicted octanol–water partition coefficient (Wildman–Crippen LogP) is 1.97. The Bertz CT molecular complexity index is 570. The van der Waals surface area contributed by atoms with E-state index < -0.39 is 10.0 Å². The van der Waals surface area contributed by atoms with Gasteiger partial charge in [0.25, 0.3) is 0 Å². The van der Waals surface area contributed by atoms with Gasteiger partial charge in [-0.1, -0.05) is 0 Å². The molecule has 0 heterocycles. The van der Waals surface area contributed by atoms with Gasteiger partial charge in [0.15, 0.2) is 0 Å². The number of nitrogens with two attached hydrogens (primary N) is 1. The highest BCUT2D eigenvalue weighted by molar-refractivity contribution is 7.89. The van der Waals surface area contributed by atoms with Crippen LogP contribution in [-0.4, -0.2) is 27.6 Å². The fraction of sp³-hybridized carbons (Fsp3) is 0.571. The summed E-state index contributed by atoms with van der Waals surface area (Å²) in [5.74, 6) is 0.657. The normalized spacial score (nSPS) is 22.4. The number of sulfonamides is 1. The number of benzene rings is 1. The van der Waals surface area contributed by atoms with Gasteiger partial charge in [0.2, 0.25) is 10.0 Å². The van der Waals surface area contributed by atoms with Crippen molar-refractivity contribution in [1.29, 1.82) is 0 Å². The van der Waals surface area contributed by atoms with Gasteiger partial charge in [0, 0.05) is 12.1 Å². The molecule has 0 aliphatic heterocycles. The van der Waals surface area contributed by atoms with Crippen LogP contribution in [0.2, 0.25) is 0 Å². The Balaban J connectivity index is 0.00000220. The lowest BCUT2D eigenvalue weighted by atomic mass is 9.93. The average molecular weight is 335 g/mol. The van der Waals surface area contributed by atoms with Gasteiger partial charge in [-0.2, -0.15) is 0 Å². The molecular weight excluding hydrogens is 312 g/mol. The Morgan fingerprint density at radius 2 is 1.86 bits per heavy atom. The maximum absolute atomic E-state index is 12.4. The minimum atomic E-state index is -3.48. The zero-order valence-electron chi connectivity index (χ0n) is 12.3. The van der Waals surface area contributed by atoms with Crippen LogP contribution in [-0.2, 0) is 10.0 Å². The van der Waals surface area contributed by atoms with Gasteiger partial charge < -0.3 is 10.5 Å². The van der Waals surface area contributed by atoms with Gasteiger partial charge in [-0.05, 0) is 56.4 Å². The van der Waals surface area contributed by atoms with Crippen molar-refractivity contribution in [3.63, 3.8) is 0 Å². The Kier molecular flexibility index (Phi) is 6.46. The number of hydrogen-bond donors (Lipinski definition) is 2. The molecule has 1 aromatic rings. The molecule has 1 saturated carbocycles. The van der Waals surface area contributed by atoms with E-state index in [1.165, 1.54) is 0 Å². The third kappa shape index (κ3) is 4.57. The summed E-state index contributed by atoms with van der Waals surface area (Å²) in [6.07, 6.45) is 3.34. The number of rotatable bonds is 4. The highest BCUT2D eigenvalue weighted by Gasteiger charge is 2.25. The minimum absolute atomic E-state index is 0. The zero-order valence-corrected chi connectivity index (χ0v) is 14.0. The van der Waals surface area contributed by atoms with Crippen molar-refractivity contribution in [1.82, 2.24) is 4.72 Å². The standard InChI is InChI=1S/C14H22N2O3S.ClH/c1-10-9-13(19-2)7-8-14(10)20(17,18)16-12-5-3-11(15)4-6-12;/h7-9,11-12,16H,3-6,15H2,1-2H3;1H. The quantitative estimate of drug-likeness (QED) is 0.882. The molecule has 1 aliphatic carbocycles. The molecule has 3 N–H and O–H groups in total. The summed E-state index contributed by atoms with van der Waals surface area (Å²) >= 11 is 0. The fourth-order valence-corrected chi connectivity index (χ4v) is 4.10. The van der Waals surface area contributed by atoms with E-state index in [0.29, 0.717) is 16.2 Å². The summed E-state index contributed by atoms with van der Waals surface area (Å²) in [4.78, 5) is 0.313. The molecule has 1 aromatic carbocycles. The molecule has 5 nitrogen and oxygen atoms in total. The van der Waals surface area contributed by atoms with Crippen LogP contribution in [0.1, 0.15) is 31.2 Å². The van der Waals surface area contributed by atoms with E-state index in [0.717, 1.165) is 25.7 Å². The molecule has 7 heteroatoms. The molecule has 0 saturated heterocycles. The number of ether oxygens (including phenoxy) is 1. The van der Waals surface area contributed by atoms with Crippen LogP contribution in [0.15, 0.2) is 23.1 Å². The van der Waals surface area contributed by atoms with E-state index in [2.05, 4.69) is 4.72 Å². The number of methoxy groups -OCH3 is 1. The molecule has 1 aliphatic rings. The van der Waals surface area contributed by atoms with Gasteiger partial charge in [-0.3, -0.25) is 0 Å². The maximum atomic E-state index is 12.4. The lowest BCUT2D eigenvalue weighted by Crippen LogP contribution is -2.40. The first-order valence-electron chi connectivity index (χ1n) is 6.85. The summed E-state index contributed by atoms with van der Waals surface area (Å²) in [5, 5.41) is 0. The molecule has 0 atom stereocenters. The fourth-order valence-electron chi connectivity index (χ4n) is 2.57. The third-order valence-electron chi connectivity index (χ3n) is 3.77. The molecule has 0 bridgehead atoms. The van der Waals surface area contributed by atoms with Crippen LogP contribution >= 0.6 is 12.4 Å². The van der Waals surface area contributed by atoms with Gasteiger partial charge in [0.05, 0.1) is 12.0 Å². The van der Waals surface area contributed by atoms with Crippen molar-refractivity contribution in [3.05, 3.63) is 23.8 Å². The van der Waals surface area contributed by atoms with Crippen LogP contribution in [0.25, 0.3) is 0 Å². The lowest BCUT2D eigenvalue weighted by molar-refractivity contribution is 0.373. The summed E-state index contributed by atoms with van der Waals surface area (Å²) < 4.78 is 32.7. The number of aryl methyl sites for hydroxylation is 1. The predicted molar refractivity (Wildman–Crippen MR) is 85.5 cm³/mol. The second-order valence-electron chi connectivity index (χ2n) is 5.36. The van der Waals surface area contributed by atoms with Crippen molar-refractivity contribution >= 4 is 22.4 Å². The Morgan fingerprint density at radius 1 is 1.24 bits per heavy atom. The molecule has 21 heavy (non-hydrogen) atoms. The van der Waals surface area contributed by atoms with Crippen LogP contribution in [0.5, 0.6) is 5.75 Å². The summed E-state index contributed by atoms with van der Waals surface area (Å²) in [7, 11) is -1.92. The monoisotopic (exact) mass is 334 g/mol. The van der Waals surface area contributed by atoms with E-state index >= 15 is 0 Å². The summed E-state index contributed by atoms with van der Waals surface area (Å²) in [6, 6.07) is 5.18. The molecule has 0 unspecified atom stereocenters. The molecule has 2 rings (SSSR count). The summed E-state index contributed by atoms with van der Waals surface area (Å²) in [6.45, 7) is 1.77. The number of nitrogens with one attached hydrogen (secondary N) is 1. The Morgan fingerprint density at radius 3 is 2.38 bits per heavy atom. The van der Waals surface area contributed by atoms with Crippen molar-refractivity contribution in [2.45, 2.75) is 49.6 Å². The molecule has 120 valence electrons. The second kappa shape index (κ2) is 7.45. The lowest BCUT2D eigenvalue weighted by Gasteiger charge is -2.26. The van der Waals surface area contributed by atoms with E-state index in [-0.39, 0.29) is 24.5 Å². The van der Waals surface area contributed by atoms with Gasteiger partial charge in [-0.15, -0.1) is 12.4 Å². The van der Waals surface area contributed by atoms with Gasteiger partial charge in [0.1, 0.15) is 5.75 Å². The average Bonchev–Trinajstić information content (AvgIpc) is 2.40. The smallest absolute Gasteiger partial charge is 0.241 e. The molecule has 1 fully saturated rings. The molecule has 0 aromatic heterocycles. The highest BCUT2D eigenvalue weighted by atomic mass is 35.5. The third-order valence-corrected chi connectivity index (χ3v) is 5.45. The first-order valence-corrected chi connectivity index (χ1v) is 8.33. The first-order chi connectivity index (χ1) is 9.42. The van der Waals surface area contributed by atoms with E-state index in [4.69, 9.17) is 10.5 Å². The molecule has 0 amide bonds. The first kappa shape index (κ1) is 18.2. The minimum Gasteiger partial charge on any atom is -0.497 e. The van der Waals surface area contributed by atoms with Crippen LogP contribution in [0, 0.1) is 6.92 Å². The number of hydrogen-bond acceptors (Lipinski definition) is 4. The topological polar surface area (TPSA) is 81.4 Å². The zero-order chi connectivity index (χ0) is 14.8. The van der Waals surface area contributed by atoms with E-state index in [9.17, 15) is 8.42 Å². The largest absolute Gasteiger partial charge is 0.497 e. The van der Waals surface area contributed by atoms with Crippen LogP contribution in [0.3, 0.4) is 0 Å². The molecule has 0 spiro atoms. The van der Waals surface area contributed by atoms with E-state index in [1.807, 2.05) is 0 Å². The van der Waals surface area contributed by atoms with Crippen molar-refractivity contribution in [2.24, 2.45) is 5.73 Å². The second-order valence-corrected chi connectivity index (χ2v) is 7.05. The maximum Gasteiger partial charge on any atom is 0.241 e. The SMILES string of the molecule is COc1ccc(S(=O)(=O)NC2CCC(N)CC2)c(C)c1.Cl. The molecule has 0 radical (unpaired) electrons. The van der Waals surface area contributed by atoms with Crippen LogP contribution in [0.4, 0.5) is 0 Å². The van der Waals surface area contributed by atoms with Crippen molar-refractivity contribution < 1.29 is 13.2 Å².